The van der Waals surface area contributed by atoms with Crippen LogP contribution in [0.3, 0.4) is 0 Å². The maximum atomic E-state index is 6.43. The molecular formula is C22H25ClN2S2. The lowest BCUT2D eigenvalue weighted by molar-refractivity contribution is 0.207. The molecule has 2 unspecified atom stereocenters. The Balaban J connectivity index is 1.68. The topological polar surface area (TPSA) is 16.1 Å². The van der Waals surface area contributed by atoms with Crippen molar-refractivity contribution in [1.82, 2.24) is 9.88 Å². The van der Waals surface area contributed by atoms with Gasteiger partial charge >= 0.3 is 0 Å². The van der Waals surface area contributed by atoms with Crippen LogP contribution in [0.25, 0.3) is 0 Å². The number of nitrogens with zero attached hydrogens (tertiary/aromatic N) is 2. The highest BCUT2D eigenvalue weighted by atomic mass is 35.5. The van der Waals surface area contributed by atoms with E-state index in [0.717, 1.165) is 29.6 Å². The summed E-state index contributed by atoms with van der Waals surface area (Å²) >= 11 is 6.43. The molecule has 2 nitrogen and oxygen atoms in total. The largest absolute Gasteiger partial charge is 0.293 e. The summed E-state index contributed by atoms with van der Waals surface area (Å²) in [5.74, 6) is 0. The van der Waals surface area contributed by atoms with E-state index in [9.17, 15) is 0 Å². The van der Waals surface area contributed by atoms with Crippen LogP contribution in [0, 0.1) is 6.92 Å². The molecule has 0 amide bonds. The number of allylic oxidation sites excluding steroid dienone is 2. The molecule has 1 aliphatic heterocycles. The highest BCUT2D eigenvalue weighted by molar-refractivity contribution is 8.77. The standard InChI is InChI=1S/C22H25ClN2S2/c1-4-8-18-15-25(17(3)19-10-5-6-11-20(19)23)14-12-21(18)26-27-22-16(2)9-7-13-24-22/h4-11,13,17,21H,1,12,14-15H2,2-3H3/b18-8-. The molecule has 0 saturated carbocycles. The van der Waals surface area contributed by atoms with Crippen LogP contribution in [-0.2, 0) is 0 Å². The van der Waals surface area contributed by atoms with Crippen LogP contribution >= 0.6 is 33.2 Å². The summed E-state index contributed by atoms with van der Waals surface area (Å²) in [7, 11) is 3.69. The predicted octanol–water partition coefficient (Wildman–Crippen LogP) is 6.73. The number of benzene rings is 1. The summed E-state index contributed by atoms with van der Waals surface area (Å²) in [6, 6.07) is 12.6. The third-order valence-electron chi connectivity index (χ3n) is 4.92. The molecular weight excluding hydrogens is 392 g/mol. The molecule has 0 radical (unpaired) electrons. The zero-order chi connectivity index (χ0) is 19.2. The normalized spacial score (nSPS) is 20.6. The van der Waals surface area contributed by atoms with Gasteiger partial charge in [-0.3, -0.25) is 4.90 Å². The van der Waals surface area contributed by atoms with Crippen LogP contribution in [0.2, 0.25) is 5.02 Å². The van der Waals surface area contributed by atoms with Gasteiger partial charge in [-0.05, 0) is 59.9 Å². The maximum Gasteiger partial charge on any atom is 0.109 e. The van der Waals surface area contributed by atoms with Crippen LogP contribution in [0.15, 0.2) is 71.9 Å². The molecule has 1 saturated heterocycles. The zero-order valence-electron chi connectivity index (χ0n) is 15.8. The van der Waals surface area contributed by atoms with Crippen LogP contribution in [0.1, 0.15) is 30.5 Å². The molecule has 0 spiro atoms. The average molecular weight is 417 g/mol. The van der Waals surface area contributed by atoms with Crippen LogP contribution in [0.4, 0.5) is 0 Å². The first-order valence-corrected chi connectivity index (χ1v) is 11.7. The Kier molecular flexibility index (Phi) is 7.48. The molecule has 27 heavy (non-hydrogen) atoms. The Bertz CT molecular complexity index is 821. The van der Waals surface area contributed by atoms with Gasteiger partial charge in [-0.1, -0.05) is 65.4 Å². The van der Waals surface area contributed by atoms with Gasteiger partial charge in [0.05, 0.1) is 0 Å². The van der Waals surface area contributed by atoms with Crippen LogP contribution in [-0.4, -0.2) is 28.2 Å². The second kappa shape index (κ2) is 9.83. The maximum absolute atomic E-state index is 6.43. The van der Waals surface area contributed by atoms with Crippen molar-refractivity contribution in [2.24, 2.45) is 0 Å². The molecule has 2 atom stereocenters. The van der Waals surface area contributed by atoms with Crippen LogP contribution in [0.5, 0.6) is 0 Å². The molecule has 1 aromatic heterocycles. The fourth-order valence-corrected chi connectivity index (χ4v) is 6.40. The van der Waals surface area contributed by atoms with Crippen molar-refractivity contribution in [3.05, 3.63) is 83.0 Å². The van der Waals surface area contributed by atoms with Crippen molar-refractivity contribution in [3.8, 4) is 0 Å². The van der Waals surface area contributed by atoms with Gasteiger partial charge < -0.3 is 0 Å². The minimum atomic E-state index is 0.295. The van der Waals surface area contributed by atoms with Gasteiger partial charge in [0.2, 0.25) is 0 Å². The first-order chi connectivity index (χ1) is 13.1. The first-order valence-electron chi connectivity index (χ1n) is 9.15. The molecule has 1 aromatic carbocycles. The third kappa shape index (κ3) is 5.20. The quantitative estimate of drug-likeness (QED) is 0.485. The summed E-state index contributed by atoms with van der Waals surface area (Å²) in [6.45, 7) is 10.3. The van der Waals surface area contributed by atoms with E-state index in [1.54, 1.807) is 10.8 Å². The number of aromatic nitrogens is 1. The van der Waals surface area contributed by atoms with E-state index in [1.165, 1.54) is 16.7 Å². The van der Waals surface area contributed by atoms with Gasteiger partial charge in [0.1, 0.15) is 5.03 Å². The number of aryl methyl sites for hydroxylation is 1. The average Bonchev–Trinajstić information content (AvgIpc) is 2.68. The number of hydrogen-bond donors (Lipinski definition) is 0. The predicted molar refractivity (Wildman–Crippen MR) is 121 cm³/mol. The number of halogens is 1. The number of pyridine rings is 1. The monoisotopic (exact) mass is 416 g/mol. The van der Waals surface area contributed by atoms with Gasteiger partial charge in [-0.25, -0.2) is 4.98 Å². The van der Waals surface area contributed by atoms with E-state index in [0.29, 0.717) is 11.3 Å². The molecule has 2 heterocycles. The van der Waals surface area contributed by atoms with Crippen molar-refractivity contribution < 1.29 is 0 Å². The Labute approximate surface area is 175 Å². The molecule has 0 bridgehead atoms. The summed E-state index contributed by atoms with van der Waals surface area (Å²) in [5, 5.41) is 2.42. The Hall–Kier alpha value is -1.20. The van der Waals surface area contributed by atoms with Gasteiger partial charge in [0.25, 0.3) is 0 Å². The van der Waals surface area contributed by atoms with Crippen molar-refractivity contribution in [2.45, 2.75) is 36.6 Å². The van der Waals surface area contributed by atoms with E-state index in [4.69, 9.17) is 11.6 Å². The molecule has 5 heteroatoms. The summed E-state index contributed by atoms with van der Waals surface area (Å²) < 4.78 is 0. The smallest absolute Gasteiger partial charge is 0.109 e. The van der Waals surface area contributed by atoms with Gasteiger partial charge in [0.15, 0.2) is 0 Å². The summed E-state index contributed by atoms with van der Waals surface area (Å²) in [5.41, 5.74) is 3.84. The molecule has 0 aliphatic carbocycles. The summed E-state index contributed by atoms with van der Waals surface area (Å²) in [4.78, 5) is 7.01. The second-order valence-corrected chi connectivity index (χ2v) is 9.53. The Morgan fingerprint density at radius 1 is 1.30 bits per heavy atom. The van der Waals surface area contributed by atoms with E-state index < -0.39 is 0 Å². The van der Waals surface area contributed by atoms with Crippen molar-refractivity contribution in [2.75, 3.05) is 13.1 Å². The van der Waals surface area contributed by atoms with Gasteiger partial charge in [-0.15, -0.1) is 0 Å². The third-order valence-corrected chi connectivity index (χ3v) is 8.17. The summed E-state index contributed by atoms with van der Waals surface area (Å²) in [6.07, 6.45) is 7.06. The molecule has 1 fully saturated rings. The second-order valence-electron chi connectivity index (χ2n) is 6.73. The molecule has 1 aliphatic rings. The fourth-order valence-electron chi connectivity index (χ4n) is 3.31. The molecule has 3 rings (SSSR count). The highest BCUT2D eigenvalue weighted by Crippen LogP contribution is 2.42. The number of hydrogen-bond acceptors (Lipinski definition) is 4. The SMILES string of the molecule is C=C/C=C1/CN(C(C)c2ccccc2Cl)CCC1SSc1ncccc1C. The van der Waals surface area contributed by atoms with Gasteiger partial charge in [0, 0.05) is 35.6 Å². The van der Waals surface area contributed by atoms with E-state index >= 15 is 0 Å². The van der Waals surface area contributed by atoms with E-state index in [1.807, 2.05) is 41.3 Å². The van der Waals surface area contributed by atoms with Gasteiger partial charge in [-0.2, -0.15) is 0 Å². The Morgan fingerprint density at radius 2 is 2.11 bits per heavy atom. The molecule has 2 aromatic rings. The lowest BCUT2D eigenvalue weighted by Gasteiger charge is -2.38. The lowest BCUT2D eigenvalue weighted by atomic mass is 9.99. The highest BCUT2D eigenvalue weighted by Gasteiger charge is 2.28. The van der Waals surface area contributed by atoms with Crippen molar-refractivity contribution >= 4 is 33.2 Å². The van der Waals surface area contributed by atoms with Crippen molar-refractivity contribution in [1.29, 1.82) is 0 Å². The fraction of sp³-hybridized carbons (Fsp3) is 0.318. The Morgan fingerprint density at radius 3 is 2.85 bits per heavy atom. The zero-order valence-corrected chi connectivity index (χ0v) is 18.2. The number of likely N-dealkylation sites (tertiary alicyclic amines) is 1. The molecule has 0 N–H and O–H groups in total. The number of rotatable bonds is 6. The first kappa shape index (κ1) is 20.5. The van der Waals surface area contributed by atoms with Crippen molar-refractivity contribution in [3.63, 3.8) is 0 Å². The minimum absolute atomic E-state index is 0.295. The van der Waals surface area contributed by atoms with Crippen LogP contribution < -0.4 is 0 Å². The molecule has 142 valence electrons. The van der Waals surface area contributed by atoms with E-state index in [2.05, 4.69) is 54.6 Å². The number of piperidine rings is 1. The van der Waals surface area contributed by atoms with E-state index in [-0.39, 0.29) is 0 Å². The lowest BCUT2D eigenvalue weighted by Crippen LogP contribution is -2.38. The minimum Gasteiger partial charge on any atom is -0.293 e.